The summed E-state index contributed by atoms with van der Waals surface area (Å²) >= 11 is 0. The smallest absolute Gasteiger partial charge is 0.870 e. The Kier molecular flexibility index (Phi) is 119000. The first-order chi connectivity index (χ1) is 0. The number of hydrogen-bond acceptors (Lipinski definition) is 2. The molecule has 0 aliphatic heterocycles. The van der Waals surface area contributed by atoms with Gasteiger partial charge in [-0.05, 0) is 0 Å². The van der Waals surface area contributed by atoms with Crippen molar-refractivity contribution in [3.05, 3.63) is 0 Å². The van der Waals surface area contributed by atoms with Crippen LogP contribution in [0.5, 0.6) is 0 Å². The summed E-state index contributed by atoms with van der Waals surface area (Å²) in [6.07, 6.45) is 0. The molecule has 7 heavy (non-hydrogen) atoms. The molecule has 6 nitrogen and oxygen atoms in total. The Morgan fingerprint density at radius 3 is 0.429 bits per heavy atom. The summed E-state index contributed by atoms with van der Waals surface area (Å²) in [5, 5.41) is 0. The molecule has 0 spiro atoms. The molecule has 0 bridgehead atoms. The van der Waals surface area contributed by atoms with Gasteiger partial charge in [-0.15, -0.1) is 0 Å². The average Bonchev–Trinajstić information content (AvgIpc) is 0. The van der Waals surface area contributed by atoms with Crippen molar-refractivity contribution in [2.24, 2.45) is 0 Å². The molecule has 0 aliphatic carbocycles. The molecule has 0 fully saturated rings. The van der Waals surface area contributed by atoms with Crippen LogP contribution in [0.3, 0.4) is 0 Å². The second-order valence-corrected chi connectivity index (χ2v) is 0. The Hall–Kier alpha value is 0.526. The van der Waals surface area contributed by atoms with Crippen LogP contribution in [0.25, 0.3) is 0 Å². The van der Waals surface area contributed by atoms with Gasteiger partial charge in [-0.1, -0.05) is 0 Å². The Balaban J connectivity index is 0. The van der Waals surface area contributed by atoms with Crippen molar-refractivity contribution in [2.75, 3.05) is 0 Å². The Labute approximate surface area is 56.5 Å². The van der Waals surface area contributed by atoms with Crippen molar-refractivity contribution < 1.29 is 32.9 Å². The van der Waals surface area contributed by atoms with E-state index in [1.54, 1.807) is 0 Å². The summed E-state index contributed by atoms with van der Waals surface area (Å²) in [7, 11) is 0. The van der Waals surface area contributed by atoms with Crippen LogP contribution in [0.2, 0.25) is 0 Å². The quantitative estimate of drug-likeness (QED) is 0.302. The van der Waals surface area contributed by atoms with Crippen LogP contribution >= 0.6 is 0 Å². The fourth-order valence-electron chi connectivity index (χ4n) is 0. The predicted octanol–water partition coefficient (Wildman–Crippen LogP) is -4.03. The van der Waals surface area contributed by atoms with Crippen LogP contribution in [0.4, 0.5) is 0 Å². The summed E-state index contributed by atoms with van der Waals surface area (Å²) in [4.78, 5) is 0. The van der Waals surface area contributed by atoms with Gasteiger partial charge >= 0.3 is 23.1 Å². The topological polar surface area (TPSA) is 186 Å². The van der Waals surface area contributed by atoms with E-state index >= 15 is 0 Å². The summed E-state index contributed by atoms with van der Waals surface area (Å²) < 4.78 is 0. The summed E-state index contributed by atoms with van der Waals surface area (Å²) in [6.45, 7) is 0. The van der Waals surface area contributed by atoms with Gasteiger partial charge < -0.3 is 32.9 Å². The van der Waals surface area contributed by atoms with E-state index in [4.69, 9.17) is 0 Å². The fraction of sp³-hybridized carbons (Fsp3) is 0. The van der Waals surface area contributed by atoms with Gasteiger partial charge in [0, 0.05) is 0 Å². The molecular weight excluding hydrogens is 120 g/mol. The third-order valence-electron chi connectivity index (χ3n) is 0. The molecule has 0 atom stereocenters. The van der Waals surface area contributed by atoms with Crippen LogP contribution < -0.4 is 0 Å². The molecular formula is H10MgO6. The molecule has 0 saturated carbocycles. The number of hydrogen-bond donors (Lipinski definition) is 0. The Morgan fingerprint density at radius 2 is 0.429 bits per heavy atom. The zero-order chi connectivity index (χ0) is 0. The molecule has 0 aromatic rings. The second-order valence-electron chi connectivity index (χ2n) is 0. The van der Waals surface area contributed by atoms with Crippen LogP contribution in [0.1, 0.15) is 0 Å². The molecule has 0 radical (unpaired) electrons. The van der Waals surface area contributed by atoms with E-state index in [9.17, 15) is 0 Å². The van der Waals surface area contributed by atoms with E-state index in [2.05, 4.69) is 0 Å². The zero-order valence-corrected chi connectivity index (χ0v) is 5.02. The zero-order valence-electron chi connectivity index (χ0n) is 3.60. The van der Waals surface area contributed by atoms with E-state index in [0.717, 1.165) is 0 Å². The summed E-state index contributed by atoms with van der Waals surface area (Å²) in [5.74, 6) is 0. The molecule has 0 amide bonds. The second kappa shape index (κ2) is 720. The van der Waals surface area contributed by atoms with E-state index in [0.29, 0.717) is 0 Å². The van der Waals surface area contributed by atoms with Crippen molar-refractivity contribution in [1.82, 2.24) is 0 Å². The molecule has 0 unspecified atom stereocenters. The minimum Gasteiger partial charge on any atom is -0.870 e. The maximum atomic E-state index is 0. The minimum atomic E-state index is 0. The summed E-state index contributed by atoms with van der Waals surface area (Å²) in [5.41, 5.74) is 0. The SMILES string of the molecule is O.O.O.O.[Mg+2].[OH-].[OH-]. The predicted molar refractivity (Wildman–Crippen MR) is 24.1 cm³/mol. The maximum Gasteiger partial charge on any atom is 2.00 e. The molecule has 48 valence electrons. The normalized spacial score (nSPS) is 0. The van der Waals surface area contributed by atoms with Crippen LogP contribution in [0.15, 0.2) is 0 Å². The molecule has 0 heterocycles. The van der Waals surface area contributed by atoms with Crippen molar-refractivity contribution in [2.45, 2.75) is 0 Å². The van der Waals surface area contributed by atoms with Crippen molar-refractivity contribution >= 4 is 23.1 Å². The third-order valence-corrected chi connectivity index (χ3v) is 0. The fourth-order valence-corrected chi connectivity index (χ4v) is 0. The third kappa shape index (κ3) is 483. The van der Waals surface area contributed by atoms with Gasteiger partial charge in [-0.2, -0.15) is 0 Å². The molecule has 0 aromatic heterocycles. The first kappa shape index (κ1) is 1160. The molecule has 0 aliphatic rings. The van der Waals surface area contributed by atoms with E-state index in [1.807, 2.05) is 0 Å². The van der Waals surface area contributed by atoms with E-state index < -0.39 is 0 Å². The van der Waals surface area contributed by atoms with Gasteiger partial charge in [0.1, 0.15) is 0 Å². The standard InChI is InChI=1S/Mg.6H2O/h;6*1H2/q+2;;;;;;/p-2. The minimum absolute atomic E-state index is 0. The van der Waals surface area contributed by atoms with E-state index in [-0.39, 0.29) is 55.9 Å². The van der Waals surface area contributed by atoms with Gasteiger partial charge in [0.2, 0.25) is 0 Å². The largest absolute Gasteiger partial charge is 2.00 e. The van der Waals surface area contributed by atoms with Crippen molar-refractivity contribution in [1.29, 1.82) is 0 Å². The Bertz CT molecular complexity index is 4.14. The van der Waals surface area contributed by atoms with Crippen LogP contribution in [0, 0.1) is 0 Å². The van der Waals surface area contributed by atoms with Crippen LogP contribution in [-0.4, -0.2) is 55.9 Å². The molecule has 0 rings (SSSR count). The number of rotatable bonds is 0. The van der Waals surface area contributed by atoms with Crippen molar-refractivity contribution in [3.63, 3.8) is 0 Å². The van der Waals surface area contributed by atoms with Gasteiger partial charge in [-0.3, -0.25) is 0 Å². The first-order valence-electron chi connectivity index (χ1n) is 0. The monoisotopic (exact) mass is 130 g/mol. The molecule has 10 N–H and O–H groups in total. The first-order valence-corrected chi connectivity index (χ1v) is 0. The Morgan fingerprint density at radius 1 is 0.429 bits per heavy atom. The molecule has 7 heteroatoms. The van der Waals surface area contributed by atoms with E-state index in [1.165, 1.54) is 0 Å². The average molecular weight is 130 g/mol. The van der Waals surface area contributed by atoms with Gasteiger partial charge in [0.25, 0.3) is 0 Å². The molecule has 0 aromatic carbocycles. The molecule has 0 saturated heterocycles. The van der Waals surface area contributed by atoms with Crippen LogP contribution in [-0.2, 0) is 0 Å². The van der Waals surface area contributed by atoms with Gasteiger partial charge in [0.15, 0.2) is 0 Å². The van der Waals surface area contributed by atoms with Gasteiger partial charge in [0.05, 0.1) is 0 Å². The van der Waals surface area contributed by atoms with Gasteiger partial charge in [-0.25, -0.2) is 0 Å². The summed E-state index contributed by atoms with van der Waals surface area (Å²) in [6, 6.07) is 0. The maximum absolute atomic E-state index is 0. The van der Waals surface area contributed by atoms with Crippen molar-refractivity contribution in [3.8, 4) is 0 Å².